The fourth-order valence-electron chi connectivity index (χ4n) is 0.851. The highest BCUT2D eigenvalue weighted by Gasteiger charge is 2.03. The molecule has 0 aliphatic rings. The number of carboxylic acid groups (broad SMARTS) is 1. The first-order chi connectivity index (χ1) is 6.74. The largest absolute Gasteiger partial charge is 0.478 e. The summed E-state index contributed by atoms with van der Waals surface area (Å²) in [6.07, 6.45) is 5.47. The molecule has 3 nitrogen and oxygen atoms in total. The molecule has 1 rings (SSSR count). The smallest absolute Gasteiger partial charge is 0.335 e. The van der Waals surface area contributed by atoms with Gasteiger partial charge in [0.1, 0.15) is 0 Å². The van der Waals surface area contributed by atoms with E-state index < -0.39 is 5.97 Å². The molecule has 0 fully saturated rings. The van der Waals surface area contributed by atoms with Crippen molar-refractivity contribution in [2.75, 3.05) is 5.75 Å². The first-order valence-electron chi connectivity index (χ1n) is 4.17. The fraction of sp³-hybridized carbons (Fsp3) is 0.200. The van der Waals surface area contributed by atoms with Crippen molar-refractivity contribution >= 4 is 17.7 Å². The van der Waals surface area contributed by atoms with Crippen LogP contribution < -0.4 is 0 Å². The zero-order valence-corrected chi connectivity index (χ0v) is 8.62. The van der Waals surface area contributed by atoms with Crippen LogP contribution >= 0.6 is 11.8 Å². The lowest BCUT2D eigenvalue weighted by Gasteiger charge is -1.98. The maximum atomic E-state index is 10.6. The molecule has 0 aromatic carbocycles. The summed E-state index contributed by atoms with van der Waals surface area (Å²) in [6.45, 7) is 1.95. The highest BCUT2D eigenvalue weighted by atomic mass is 32.2. The summed E-state index contributed by atoms with van der Waals surface area (Å²) in [5.74, 6) is -0.104. The number of rotatable bonds is 4. The van der Waals surface area contributed by atoms with Crippen molar-refractivity contribution in [1.29, 1.82) is 0 Å². The molecule has 0 radical (unpaired) electrons. The van der Waals surface area contributed by atoms with Crippen LogP contribution in [-0.2, 0) is 0 Å². The number of carbonyl (C=O) groups is 1. The van der Waals surface area contributed by atoms with Crippen molar-refractivity contribution in [3.8, 4) is 0 Å². The van der Waals surface area contributed by atoms with Gasteiger partial charge in [-0.15, -0.1) is 11.8 Å². The third-order valence-corrected chi connectivity index (χ3v) is 2.42. The van der Waals surface area contributed by atoms with E-state index in [9.17, 15) is 4.79 Å². The molecule has 1 aromatic heterocycles. The lowest BCUT2D eigenvalue weighted by molar-refractivity contribution is 0.0696. The van der Waals surface area contributed by atoms with Crippen LogP contribution in [0.5, 0.6) is 0 Å². The zero-order chi connectivity index (χ0) is 10.4. The molecule has 0 saturated heterocycles. The summed E-state index contributed by atoms with van der Waals surface area (Å²) in [5.41, 5.74) is 0.281. The quantitative estimate of drug-likeness (QED) is 0.611. The molecule has 0 atom stereocenters. The molecule has 0 saturated carbocycles. The number of carboxylic acids is 1. The minimum absolute atomic E-state index is 0.281. The average molecular weight is 209 g/mol. The monoisotopic (exact) mass is 209 g/mol. The Balaban J connectivity index is 2.68. The molecule has 0 bridgehead atoms. The molecule has 0 spiro atoms. The number of thioether (sulfide) groups is 1. The molecule has 4 heteroatoms. The van der Waals surface area contributed by atoms with E-state index in [4.69, 9.17) is 5.11 Å². The second-order valence-corrected chi connectivity index (χ2v) is 3.61. The topological polar surface area (TPSA) is 50.2 Å². The number of nitrogens with zero attached hydrogens (tertiary/aromatic N) is 1. The normalized spacial score (nSPS) is 10.6. The molecular weight excluding hydrogens is 198 g/mol. The van der Waals surface area contributed by atoms with Gasteiger partial charge in [0.15, 0.2) is 0 Å². The van der Waals surface area contributed by atoms with Crippen molar-refractivity contribution < 1.29 is 9.90 Å². The van der Waals surface area contributed by atoms with Gasteiger partial charge >= 0.3 is 5.97 Å². The lowest BCUT2D eigenvalue weighted by atomic mass is 10.3. The Bertz CT molecular complexity index is 350. The Morgan fingerprint density at radius 2 is 2.50 bits per heavy atom. The molecular formula is C10H11NO2S. The first kappa shape index (κ1) is 10.8. The van der Waals surface area contributed by atoms with Gasteiger partial charge in [-0.2, -0.15) is 0 Å². The summed E-state index contributed by atoms with van der Waals surface area (Å²) in [5, 5.41) is 9.47. The second kappa shape index (κ2) is 5.44. The van der Waals surface area contributed by atoms with Gasteiger partial charge < -0.3 is 5.11 Å². The van der Waals surface area contributed by atoms with Gasteiger partial charge in [-0.3, -0.25) is 0 Å². The van der Waals surface area contributed by atoms with Crippen LogP contribution in [0.1, 0.15) is 17.3 Å². The highest BCUT2D eigenvalue weighted by molar-refractivity contribution is 7.99. The molecule has 0 amide bonds. The summed E-state index contributed by atoms with van der Waals surface area (Å²) in [7, 11) is 0. The van der Waals surface area contributed by atoms with Gasteiger partial charge in [0, 0.05) is 11.9 Å². The minimum Gasteiger partial charge on any atom is -0.478 e. The predicted molar refractivity (Wildman–Crippen MR) is 56.7 cm³/mol. The van der Waals surface area contributed by atoms with E-state index in [2.05, 4.69) is 4.98 Å². The van der Waals surface area contributed by atoms with Crippen LogP contribution in [0.2, 0.25) is 0 Å². The summed E-state index contributed by atoms with van der Waals surface area (Å²) in [6, 6.07) is 3.07. The summed E-state index contributed by atoms with van der Waals surface area (Å²) in [4.78, 5) is 14.7. The van der Waals surface area contributed by atoms with E-state index in [-0.39, 0.29) is 5.56 Å². The van der Waals surface area contributed by atoms with Gasteiger partial charge in [-0.1, -0.05) is 12.2 Å². The van der Waals surface area contributed by atoms with Crippen LogP contribution in [-0.4, -0.2) is 21.8 Å². The van der Waals surface area contributed by atoms with Gasteiger partial charge in [0.05, 0.1) is 10.6 Å². The number of pyridine rings is 1. The van der Waals surface area contributed by atoms with Crippen molar-refractivity contribution in [2.24, 2.45) is 0 Å². The van der Waals surface area contributed by atoms with Crippen molar-refractivity contribution in [3.05, 3.63) is 36.0 Å². The standard InChI is InChI=1S/C10H11NO2S/c1-2-3-6-14-9-7-8(10(12)13)4-5-11-9/h2-5,7H,6H2,1H3,(H,12,13). The zero-order valence-electron chi connectivity index (χ0n) is 7.80. The number of hydrogen-bond acceptors (Lipinski definition) is 3. The van der Waals surface area contributed by atoms with Crippen molar-refractivity contribution in [3.63, 3.8) is 0 Å². The Labute approximate surface area is 86.9 Å². The summed E-state index contributed by atoms with van der Waals surface area (Å²) < 4.78 is 0. The van der Waals surface area contributed by atoms with Crippen LogP contribution in [0.25, 0.3) is 0 Å². The van der Waals surface area contributed by atoms with E-state index in [0.29, 0.717) is 0 Å². The maximum Gasteiger partial charge on any atom is 0.335 e. The van der Waals surface area contributed by atoms with Gasteiger partial charge in [-0.25, -0.2) is 9.78 Å². The van der Waals surface area contributed by atoms with Crippen LogP contribution in [0.15, 0.2) is 35.5 Å². The average Bonchev–Trinajstić information content (AvgIpc) is 2.19. The van der Waals surface area contributed by atoms with E-state index in [1.54, 1.807) is 6.07 Å². The van der Waals surface area contributed by atoms with Crippen molar-refractivity contribution in [1.82, 2.24) is 4.98 Å². The summed E-state index contributed by atoms with van der Waals surface area (Å²) >= 11 is 1.52. The molecule has 0 unspecified atom stereocenters. The predicted octanol–water partition coefficient (Wildman–Crippen LogP) is 2.45. The number of aromatic carboxylic acids is 1. The van der Waals surface area contributed by atoms with Crippen LogP contribution in [0, 0.1) is 0 Å². The molecule has 1 N–H and O–H groups in total. The first-order valence-corrected chi connectivity index (χ1v) is 5.16. The van der Waals surface area contributed by atoms with Crippen molar-refractivity contribution in [2.45, 2.75) is 11.9 Å². The Morgan fingerprint density at radius 1 is 1.71 bits per heavy atom. The van der Waals surface area contributed by atoms with E-state index in [0.717, 1.165) is 10.8 Å². The van der Waals surface area contributed by atoms with Crippen LogP contribution in [0.3, 0.4) is 0 Å². The highest BCUT2D eigenvalue weighted by Crippen LogP contribution is 2.16. The van der Waals surface area contributed by atoms with E-state index in [1.165, 1.54) is 24.0 Å². The van der Waals surface area contributed by atoms with Gasteiger partial charge in [-0.05, 0) is 19.1 Å². The van der Waals surface area contributed by atoms with Crippen LogP contribution in [0.4, 0.5) is 0 Å². The number of aromatic nitrogens is 1. The van der Waals surface area contributed by atoms with E-state index >= 15 is 0 Å². The van der Waals surface area contributed by atoms with E-state index in [1.807, 2.05) is 19.1 Å². The third kappa shape index (κ3) is 3.22. The molecule has 0 aliphatic carbocycles. The number of allylic oxidation sites excluding steroid dienone is 1. The number of hydrogen-bond donors (Lipinski definition) is 1. The Morgan fingerprint density at radius 3 is 3.14 bits per heavy atom. The Hall–Kier alpha value is -1.29. The fourth-order valence-corrected chi connectivity index (χ4v) is 1.66. The Kier molecular flexibility index (Phi) is 4.19. The molecule has 14 heavy (non-hydrogen) atoms. The molecule has 0 aliphatic heterocycles. The van der Waals surface area contributed by atoms with Gasteiger partial charge in [0.2, 0.25) is 0 Å². The third-order valence-electron chi connectivity index (χ3n) is 1.54. The SMILES string of the molecule is CC=CCSc1cc(C(=O)O)ccn1. The molecule has 1 aromatic rings. The maximum absolute atomic E-state index is 10.6. The molecule has 74 valence electrons. The lowest BCUT2D eigenvalue weighted by Crippen LogP contribution is -1.96. The molecule has 1 heterocycles. The second-order valence-electron chi connectivity index (χ2n) is 2.57. The van der Waals surface area contributed by atoms with Gasteiger partial charge in [0.25, 0.3) is 0 Å². The minimum atomic E-state index is -0.916.